The third-order valence-electron chi connectivity index (χ3n) is 0. The van der Waals surface area contributed by atoms with Crippen LogP contribution in [0.2, 0.25) is 0 Å². The topological polar surface area (TPSA) is 37.3 Å². The fourth-order valence-corrected chi connectivity index (χ4v) is 0. The number of rotatable bonds is 0. The van der Waals surface area contributed by atoms with Gasteiger partial charge in [-0.15, -0.1) is 0 Å². The first-order valence-corrected chi connectivity index (χ1v) is 1.15. The van der Waals surface area contributed by atoms with Crippen LogP contribution in [0.25, 0.3) is 0 Å². The Morgan fingerprint density at radius 2 is 1.80 bits per heavy atom. The predicted octanol–water partition coefficient (Wildman–Crippen LogP) is -2.70. The summed E-state index contributed by atoms with van der Waals surface area (Å²) in [5, 5.41) is 0. The van der Waals surface area contributed by atoms with Crippen LogP contribution in [-0.2, 0) is 21.6 Å². The van der Waals surface area contributed by atoms with Crippen molar-refractivity contribution < 1.29 is 46.8 Å². The number of hydrogen-bond acceptors (Lipinski definition) is 1. The van der Waals surface area contributed by atoms with E-state index in [1.165, 1.54) is 0 Å². The van der Waals surface area contributed by atoms with Crippen molar-refractivity contribution in [2.24, 2.45) is 0 Å². The Morgan fingerprint density at radius 1 is 1.80 bits per heavy atom. The first-order chi connectivity index (χ1) is 1.41. The molecule has 0 radical (unpaired) electrons. The second-order valence-corrected chi connectivity index (χ2v) is 0.245. The van der Waals surface area contributed by atoms with Crippen LogP contribution in [0.3, 0.4) is 0 Å². The largest absolute Gasteiger partial charge is 1.00 e. The Morgan fingerprint density at radius 3 is 1.80 bits per heavy atom. The van der Waals surface area contributed by atoms with E-state index < -0.39 is 8.69 Å². The van der Waals surface area contributed by atoms with E-state index in [0.717, 1.165) is 0 Å². The quantitative estimate of drug-likeness (QED) is 0.284. The SMILES string of the molecule is O=PO.[Fe].[H-].[Li+]. The van der Waals surface area contributed by atoms with Crippen LogP contribution in [0.15, 0.2) is 0 Å². The van der Waals surface area contributed by atoms with Gasteiger partial charge in [0.1, 0.15) is 0 Å². The zero-order valence-corrected chi connectivity index (χ0v) is 4.65. The average molecular weight is 128 g/mol. The van der Waals surface area contributed by atoms with Gasteiger partial charge >= 0.3 is 27.5 Å². The molecule has 0 aliphatic heterocycles. The first-order valence-electron chi connectivity index (χ1n) is 0.383. The molecular weight excluding hydrogens is 126 g/mol. The fraction of sp³-hybridized carbons (Fsp3) is 0. The molecule has 2 nitrogen and oxygen atoms in total. The van der Waals surface area contributed by atoms with Gasteiger partial charge in [-0.25, -0.2) is 4.57 Å². The van der Waals surface area contributed by atoms with Crippen molar-refractivity contribution >= 4 is 8.69 Å². The van der Waals surface area contributed by atoms with Gasteiger partial charge < -0.3 is 6.32 Å². The molecule has 0 fully saturated rings. The monoisotopic (exact) mass is 128 g/mol. The number of hydrogen-bond donors (Lipinski definition) is 1. The van der Waals surface area contributed by atoms with Crippen molar-refractivity contribution in [3.8, 4) is 0 Å². The van der Waals surface area contributed by atoms with Crippen molar-refractivity contribution in [1.82, 2.24) is 0 Å². The van der Waals surface area contributed by atoms with E-state index in [9.17, 15) is 0 Å². The zero-order chi connectivity index (χ0) is 2.71. The normalized spacial score (nSPS) is 4.20. The van der Waals surface area contributed by atoms with Gasteiger partial charge in [-0.05, 0) is 0 Å². The van der Waals surface area contributed by atoms with E-state index in [0.29, 0.717) is 0 Å². The van der Waals surface area contributed by atoms with E-state index in [2.05, 4.69) is 0 Å². The molecule has 0 amide bonds. The molecule has 28 valence electrons. The third-order valence-corrected chi connectivity index (χ3v) is 0. The van der Waals surface area contributed by atoms with Gasteiger partial charge in [0, 0.05) is 17.1 Å². The third kappa shape index (κ3) is 37.7. The van der Waals surface area contributed by atoms with Gasteiger partial charge in [0.05, 0.1) is 0 Å². The summed E-state index contributed by atoms with van der Waals surface area (Å²) in [7, 11) is -0.833. The van der Waals surface area contributed by atoms with Crippen molar-refractivity contribution in [2.75, 3.05) is 0 Å². The van der Waals surface area contributed by atoms with Crippen molar-refractivity contribution in [2.45, 2.75) is 0 Å². The molecule has 0 aromatic rings. The molecule has 0 spiro atoms. The smallest absolute Gasteiger partial charge is 1.00 e. The van der Waals surface area contributed by atoms with E-state index in [1.807, 2.05) is 0 Å². The Balaban J connectivity index is -0.00000000667. The van der Waals surface area contributed by atoms with E-state index in [1.54, 1.807) is 0 Å². The molecule has 0 aliphatic carbocycles. The molecule has 0 saturated carbocycles. The van der Waals surface area contributed by atoms with E-state index in [-0.39, 0.29) is 37.4 Å². The molecule has 0 heterocycles. The molecule has 5 heavy (non-hydrogen) atoms. The predicted molar refractivity (Wildman–Crippen MR) is 10.9 cm³/mol. The average Bonchev–Trinajstić information content (AvgIpc) is 0.918. The summed E-state index contributed by atoms with van der Waals surface area (Å²) >= 11 is 0. The van der Waals surface area contributed by atoms with Crippen LogP contribution in [-0.4, -0.2) is 4.89 Å². The van der Waals surface area contributed by atoms with E-state index in [4.69, 9.17) is 9.46 Å². The molecule has 0 aliphatic rings. The van der Waals surface area contributed by atoms with Gasteiger partial charge in [0.2, 0.25) is 0 Å². The summed E-state index contributed by atoms with van der Waals surface area (Å²) in [4.78, 5) is 6.99. The minimum absolute atomic E-state index is 0. The van der Waals surface area contributed by atoms with Gasteiger partial charge in [-0.3, -0.25) is 0 Å². The molecule has 0 aromatic heterocycles. The minimum Gasteiger partial charge on any atom is -1.00 e. The van der Waals surface area contributed by atoms with Crippen LogP contribution >= 0.6 is 8.69 Å². The summed E-state index contributed by atoms with van der Waals surface area (Å²) in [6, 6.07) is 0. The second-order valence-electron chi connectivity index (χ2n) is 0.0816. The summed E-state index contributed by atoms with van der Waals surface area (Å²) < 4.78 is 8.46. The minimum atomic E-state index is -0.833. The van der Waals surface area contributed by atoms with Crippen LogP contribution < -0.4 is 18.9 Å². The molecule has 1 N–H and O–H groups in total. The Bertz CT molecular complexity index is 21.0. The molecule has 0 bridgehead atoms. The fourth-order valence-electron chi connectivity index (χ4n) is 0. The molecule has 0 aromatic carbocycles. The van der Waals surface area contributed by atoms with Crippen LogP contribution in [0.4, 0.5) is 0 Å². The summed E-state index contributed by atoms with van der Waals surface area (Å²) in [5.74, 6) is 0. The summed E-state index contributed by atoms with van der Waals surface area (Å²) in [6.45, 7) is 0. The Labute approximate surface area is 55.8 Å². The molecule has 0 atom stereocenters. The van der Waals surface area contributed by atoms with Gasteiger partial charge in [0.15, 0.2) is 0 Å². The molecule has 0 unspecified atom stereocenters. The van der Waals surface area contributed by atoms with Gasteiger partial charge in [-0.1, -0.05) is 0 Å². The summed E-state index contributed by atoms with van der Waals surface area (Å²) in [6.07, 6.45) is 0. The Kier molecular flexibility index (Phi) is 62.5. The maximum absolute atomic E-state index is 8.46. The van der Waals surface area contributed by atoms with Crippen molar-refractivity contribution in [3.05, 3.63) is 0 Å². The van der Waals surface area contributed by atoms with Crippen LogP contribution in [0, 0.1) is 0 Å². The second kappa shape index (κ2) is 19.1. The standard InChI is InChI=1S/Fe.Li.HO2P.H/c;;1-3-2;/h;;(H,1,2);/q;+1;;-1. The molecule has 0 saturated heterocycles. The molecular formula is H2FeLiO2P. The maximum Gasteiger partial charge on any atom is 1.00 e. The molecule has 5 heteroatoms. The summed E-state index contributed by atoms with van der Waals surface area (Å²) in [5.41, 5.74) is 0. The van der Waals surface area contributed by atoms with Crippen LogP contribution in [0.1, 0.15) is 1.43 Å². The van der Waals surface area contributed by atoms with Crippen LogP contribution in [0.5, 0.6) is 0 Å². The zero-order valence-electron chi connectivity index (χ0n) is 3.66. The van der Waals surface area contributed by atoms with Crippen molar-refractivity contribution in [1.29, 1.82) is 0 Å². The van der Waals surface area contributed by atoms with Gasteiger partial charge in [0.25, 0.3) is 0 Å². The van der Waals surface area contributed by atoms with Gasteiger partial charge in [-0.2, -0.15) is 0 Å². The Hall–Kier alpha value is 1.18. The molecule has 0 rings (SSSR count). The van der Waals surface area contributed by atoms with E-state index >= 15 is 0 Å². The van der Waals surface area contributed by atoms with Crippen molar-refractivity contribution in [3.63, 3.8) is 0 Å². The maximum atomic E-state index is 8.46. The first kappa shape index (κ1) is 16.4.